The van der Waals surface area contributed by atoms with Crippen molar-refractivity contribution in [2.24, 2.45) is 4.99 Å². The second kappa shape index (κ2) is 13.9. The van der Waals surface area contributed by atoms with Crippen LogP contribution in [0.2, 0.25) is 0 Å². The molecule has 1 aromatic rings. The molecule has 10 nitrogen and oxygen atoms in total. The third kappa shape index (κ3) is 8.53. The van der Waals surface area contributed by atoms with Crippen LogP contribution in [-0.4, -0.2) is 109 Å². The molecule has 11 heteroatoms. The second-order valence-corrected chi connectivity index (χ2v) is 8.70. The molecule has 2 aliphatic rings. The van der Waals surface area contributed by atoms with Crippen molar-refractivity contribution in [1.29, 1.82) is 0 Å². The molecule has 0 spiro atoms. The molecule has 1 amide bonds. The number of hydrogen-bond acceptors (Lipinski definition) is 7. The number of morpholine rings is 1. The number of amides is 1. The number of rotatable bonds is 8. The van der Waals surface area contributed by atoms with E-state index in [4.69, 9.17) is 9.73 Å². The van der Waals surface area contributed by atoms with Crippen LogP contribution in [0.15, 0.2) is 23.5 Å². The molecule has 2 aliphatic heterocycles. The number of carbonyl (C=O) groups is 1. The van der Waals surface area contributed by atoms with Gasteiger partial charge in [-0.3, -0.25) is 14.7 Å². The molecule has 2 saturated heterocycles. The number of hydrogen-bond donors (Lipinski definition) is 2. The van der Waals surface area contributed by atoms with E-state index in [-0.39, 0.29) is 35.4 Å². The summed E-state index contributed by atoms with van der Waals surface area (Å²) < 4.78 is 5.47. The van der Waals surface area contributed by atoms with Gasteiger partial charge >= 0.3 is 0 Å². The molecule has 3 heterocycles. The molecule has 3 rings (SSSR count). The number of nitrogens with one attached hydrogen (secondary N) is 2. The van der Waals surface area contributed by atoms with Gasteiger partial charge < -0.3 is 25.2 Å². The van der Waals surface area contributed by atoms with Crippen LogP contribution >= 0.6 is 24.0 Å². The van der Waals surface area contributed by atoms with Gasteiger partial charge in [-0.05, 0) is 26.8 Å². The van der Waals surface area contributed by atoms with Crippen molar-refractivity contribution in [2.75, 3.05) is 77.0 Å². The van der Waals surface area contributed by atoms with Gasteiger partial charge in [0.25, 0.3) is 0 Å². The Morgan fingerprint density at radius 2 is 1.76 bits per heavy atom. The van der Waals surface area contributed by atoms with Crippen molar-refractivity contribution in [3.05, 3.63) is 18.5 Å². The molecule has 0 radical (unpaired) electrons. The summed E-state index contributed by atoms with van der Waals surface area (Å²) in [5.41, 5.74) is -0.0376. The highest BCUT2D eigenvalue weighted by Gasteiger charge is 2.28. The van der Waals surface area contributed by atoms with Gasteiger partial charge in [-0.2, -0.15) is 0 Å². The van der Waals surface area contributed by atoms with Crippen LogP contribution < -0.4 is 15.5 Å². The quantitative estimate of drug-likeness (QED) is 0.268. The highest BCUT2D eigenvalue weighted by molar-refractivity contribution is 14.0. The Balaban J connectivity index is 0.00000385. The minimum atomic E-state index is -0.0376. The van der Waals surface area contributed by atoms with E-state index in [1.165, 1.54) is 0 Å². The van der Waals surface area contributed by atoms with E-state index in [9.17, 15) is 4.79 Å². The van der Waals surface area contributed by atoms with Gasteiger partial charge in [0.15, 0.2) is 5.96 Å². The summed E-state index contributed by atoms with van der Waals surface area (Å²) in [6, 6.07) is 1.81. The zero-order valence-electron chi connectivity index (χ0n) is 20.1. The van der Waals surface area contributed by atoms with E-state index in [0.29, 0.717) is 32.6 Å². The van der Waals surface area contributed by atoms with Gasteiger partial charge in [0.2, 0.25) is 11.9 Å². The average molecular weight is 575 g/mol. The SMILES string of the molecule is CCNC(=NCC(C)(C)N1CCOCC1)NCCC(=O)N1CCN(c2ncccn2)CC1.I. The molecule has 2 fully saturated rings. The van der Waals surface area contributed by atoms with Crippen molar-refractivity contribution in [3.63, 3.8) is 0 Å². The maximum absolute atomic E-state index is 12.7. The Morgan fingerprint density at radius 3 is 2.39 bits per heavy atom. The Bertz CT molecular complexity index is 735. The van der Waals surface area contributed by atoms with Crippen LogP contribution in [-0.2, 0) is 9.53 Å². The number of anilines is 1. The largest absolute Gasteiger partial charge is 0.379 e. The maximum Gasteiger partial charge on any atom is 0.225 e. The van der Waals surface area contributed by atoms with Gasteiger partial charge in [0.1, 0.15) is 0 Å². The number of piperazine rings is 1. The number of nitrogens with zero attached hydrogens (tertiary/aromatic N) is 6. The fraction of sp³-hybridized carbons (Fsp3) is 0.727. The van der Waals surface area contributed by atoms with Crippen LogP contribution in [0, 0.1) is 0 Å². The zero-order chi connectivity index (χ0) is 22.8. The minimum Gasteiger partial charge on any atom is -0.379 e. The summed E-state index contributed by atoms with van der Waals surface area (Å²) >= 11 is 0. The van der Waals surface area contributed by atoms with Crippen molar-refractivity contribution < 1.29 is 9.53 Å². The van der Waals surface area contributed by atoms with Gasteiger partial charge in [0, 0.05) is 76.7 Å². The van der Waals surface area contributed by atoms with Gasteiger partial charge in [-0.25, -0.2) is 9.97 Å². The first-order chi connectivity index (χ1) is 15.5. The van der Waals surface area contributed by atoms with E-state index < -0.39 is 0 Å². The summed E-state index contributed by atoms with van der Waals surface area (Å²) in [5, 5.41) is 6.60. The highest BCUT2D eigenvalue weighted by atomic mass is 127. The molecule has 0 bridgehead atoms. The molecule has 0 atom stereocenters. The van der Waals surface area contributed by atoms with Crippen molar-refractivity contribution in [3.8, 4) is 0 Å². The second-order valence-electron chi connectivity index (χ2n) is 8.70. The van der Waals surface area contributed by atoms with E-state index >= 15 is 0 Å². The first-order valence-electron chi connectivity index (χ1n) is 11.6. The Labute approximate surface area is 214 Å². The molecule has 186 valence electrons. The molecule has 33 heavy (non-hydrogen) atoms. The lowest BCUT2D eigenvalue weighted by Crippen LogP contribution is -2.52. The third-order valence-corrected chi connectivity index (χ3v) is 5.93. The number of aromatic nitrogens is 2. The van der Waals surface area contributed by atoms with Gasteiger partial charge in [-0.15, -0.1) is 24.0 Å². The minimum absolute atomic E-state index is 0. The average Bonchev–Trinajstić information content (AvgIpc) is 2.83. The topological polar surface area (TPSA) is 98.2 Å². The number of ether oxygens (including phenoxy) is 1. The predicted octanol–water partition coefficient (Wildman–Crippen LogP) is 0.799. The van der Waals surface area contributed by atoms with Crippen molar-refractivity contribution in [2.45, 2.75) is 32.7 Å². The number of aliphatic imine (C=N–C) groups is 1. The van der Waals surface area contributed by atoms with E-state index in [1.807, 2.05) is 17.9 Å². The summed E-state index contributed by atoms with van der Waals surface area (Å²) in [4.78, 5) is 32.5. The summed E-state index contributed by atoms with van der Waals surface area (Å²) in [6.45, 7) is 14.8. The van der Waals surface area contributed by atoms with Crippen molar-refractivity contribution >= 4 is 41.8 Å². The molecule has 0 aliphatic carbocycles. The molecule has 0 unspecified atom stereocenters. The lowest BCUT2D eigenvalue weighted by atomic mass is 10.0. The summed E-state index contributed by atoms with van der Waals surface area (Å²) in [6.07, 6.45) is 3.94. The Hall–Kier alpha value is -1.73. The molecule has 1 aromatic heterocycles. The van der Waals surface area contributed by atoms with Crippen LogP contribution in [0.5, 0.6) is 0 Å². The predicted molar refractivity (Wildman–Crippen MR) is 141 cm³/mol. The first kappa shape index (κ1) is 27.5. The summed E-state index contributed by atoms with van der Waals surface area (Å²) in [5.74, 6) is 1.65. The van der Waals surface area contributed by atoms with Gasteiger partial charge in [0.05, 0.1) is 19.8 Å². The molecule has 2 N–H and O–H groups in total. The van der Waals surface area contributed by atoms with Gasteiger partial charge in [-0.1, -0.05) is 0 Å². The monoisotopic (exact) mass is 574 g/mol. The van der Waals surface area contributed by atoms with Crippen LogP contribution in [0.4, 0.5) is 5.95 Å². The maximum atomic E-state index is 12.7. The van der Waals surface area contributed by atoms with E-state index in [0.717, 1.165) is 57.8 Å². The van der Waals surface area contributed by atoms with E-state index in [2.05, 4.69) is 44.2 Å². The number of carbonyl (C=O) groups excluding carboxylic acids is 1. The third-order valence-electron chi connectivity index (χ3n) is 5.93. The first-order valence-corrected chi connectivity index (χ1v) is 11.6. The van der Waals surface area contributed by atoms with Crippen LogP contribution in [0.1, 0.15) is 27.2 Å². The van der Waals surface area contributed by atoms with Crippen molar-refractivity contribution in [1.82, 2.24) is 30.4 Å². The standard InChI is InChI=1S/C22H38N8O2.HI/c1-4-23-20(27-18-22(2,3)30-14-16-32-17-15-30)24-9-6-19(31)28-10-12-29(13-11-28)21-25-7-5-8-26-21;/h5,7-8H,4,6,9-18H2,1-3H3,(H2,23,24,27);1H. The molecule has 0 aromatic carbocycles. The zero-order valence-corrected chi connectivity index (χ0v) is 22.5. The number of guanidine groups is 1. The highest BCUT2D eigenvalue weighted by Crippen LogP contribution is 2.16. The van der Waals surface area contributed by atoms with Crippen LogP contribution in [0.25, 0.3) is 0 Å². The van der Waals surface area contributed by atoms with E-state index in [1.54, 1.807) is 12.4 Å². The lowest BCUT2D eigenvalue weighted by molar-refractivity contribution is -0.131. The Morgan fingerprint density at radius 1 is 1.09 bits per heavy atom. The summed E-state index contributed by atoms with van der Waals surface area (Å²) in [7, 11) is 0. The fourth-order valence-corrected chi connectivity index (χ4v) is 3.94. The molecular weight excluding hydrogens is 535 g/mol. The lowest BCUT2D eigenvalue weighted by Gasteiger charge is -2.39. The fourth-order valence-electron chi connectivity index (χ4n) is 3.94. The normalized spacial score (nSPS) is 18.0. The molecular formula is C22H39IN8O2. The smallest absolute Gasteiger partial charge is 0.225 e. The number of halogens is 1. The Kier molecular flexibility index (Phi) is 11.5. The van der Waals surface area contributed by atoms with Crippen LogP contribution in [0.3, 0.4) is 0 Å². The molecule has 0 saturated carbocycles.